The normalized spacial score (nSPS) is 16.7. The van der Waals surface area contributed by atoms with Gasteiger partial charge in [-0.3, -0.25) is 9.79 Å². The van der Waals surface area contributed by atoms with Crippen molar-refractivity contribution in [3.05, 3.63) is 29.8 Å². The summed E-state index contributed by atoms with van der Waals surface area (Å²) in [5.41, 5.74) is 2.27. The molecule has 1 saturated heterocycles. The second-order valence-electron chi connectivity index (χ2n) is 5.82. The topological polar surface area (TPSA) is 68.8 Å². The van der Waals surface area contributed by atoms with Crippen molar-refractivity contribution in [1.29, 1.82) is 0 Å². The van der Waals surface area contributed by atoms with Gasteiger partial charge in [-0.1, -0.05) is 19.1 Å². The van der Waals surface area contributed by atoms with Crippen LogP contribution >= 0.6 is 0 Å². The first-order chi connectivity index (χ1) is 11.1. The van der Waals surface area contributed by atoms with Crippen LogP contribution in [0.25, 0.3) is 0 Å². The molecule has 0 saturated carbocycles. The molecule has 0 radical (unpaired) electrons. The number of guanidine groups is 1. The lowest BCUT2D eigenvalue weighted by Crippen LogP contribution is -2.47. The Morgan fingerprint density at radius 1 is 1.39 bits per heavy atom. The minimum Gasteiger partial charge on any atom is -0.360 e. The van der Waals surface area contributed by atoms with Gasteiger partial charge in [0, 0.05) is 38.4 Å². The fourth-order valence-electron chi connectivity index (χ4n) is 2.40. The van der Waals surface area contributed by atoms with Crippen molar-refractivity contribution in [3.8, 4) is 0 Å². The third-order valence-electron chi connectivity index (χ3n) is 4.02. The van der Waals surface area contributed by atoms with Gasteiger partial charge in [0.1, 0.15) is 0 Å². The molecule has 1 unspecified atom stereocenters. The molecule has 1 amide bonds. The molecule has 0 spiro atoms. The van der Waals surface area contributed by atoms with Crippen LogP contribution in [0.2, 0.25) is 0 Å². The predicted octanol–water partition coefficient (Wildman–Crippen LogP) is 1.09. The Morgan fingerprint density at radius 3 is 2.74 bits per heavy atom. The second kappa shape index (κ2) is 8.41. The molecule has 1 aromatic carbocycles. The number of nitrogens with one attached hydrogen (secondary N) is 3. The van der Waals surface area contributed by atoms with E-state index in [1.54, 1.807) is 7.05 Å². The highest BCUT2D eigenvalue weighted by atomic mass is 16.2. The van der Waals surface area contributed by atoms with Crippen molar-refractivity contribution < 1.29 is 4.79 Å². The summed E-state index contributed by atoms with van der Waals surface area (Å²) in [6.45, 7) is 7.00. The number of carbonyl (C=O) groups is 1. The van der Waals surface area contributed by atoms with Crippen LogP contribution in [-0.2, 0) is 11.3 Å². The number of nitrogens with zero attached hydrogens (tertiary/aromatic N) is 2. The van der Waals surface area contributed by atoms with E-state index in [0.29, 0.717) is 19.1 Å². The molecule has 1 aliphatic rings. The molecule has 1 heterocycles. The van der Waals surface area contributed by atoms with Crippen molar-refractivity contribution in [1.82, 2.24) is 16.0 Å². The monoisotopic (exact) mass is 317 g/mol. The largest absolute Gasteiger partial charge is 0.360 e. The molecule has 0 bridgehead atoms. The Hall–Kier alpha value is -2.24. The van der Waals surface area contributed by atoms with Gasteiger partial charge >= 0.3 is 0 Å². The van der Waals surface area contributed by atoms with Gasteiger partial charge in [0.25, 0.3) is 0 Å². The van der Waals surface area contributed by atoms with Gasteiger partial charge in [-0.05, 0) is 31.0 Å². The summed E-state index contributed by atoms with van der Waals surface area (Å²) in [4.78, 5) is 17.8. The first-order valence-electron chi connectivity index (χ1n) is 8.20. The maximum atomic E-state index is 11.5. The molecule has 23 heavy (non-hydrogen) atoms. The molecule has 6 nitrogen and oxygen atoms in total. The Kier molecular flexibility index (Phi) is 6.26. The molecule has 0 aromatic heterocycles. The third-order valence-corrected chi connectivity index (χ3v) is 4.02. The molecule has 6 heteroatoms. The molecule has 1 fully saturated rings. The van der Waals surface area contributed by atoms with Gasteiger partial charge in [0.05, 0.1) is 6.54 Å². The molecule has 1 aliphatic heterocycles. The van der Waals surface area contributed by atoms with E-state index in [1.165, 1.54) is 5.56 Å². The smallest absolute Gasteiger partial charge is 0.239 e. The minimum absolute atomic E-state index is 0.0851. The van der Waals surface area contributed by atoms with Crippen LogP contribution in [-0.4, -0.2) is 44.6 Å². The van der Waals surface area contributed by atoms with Gasteiger partial charge < -0.3 is 20.9 Å². The van der Waals surface area contributed by atoms with Crippen molar-refractivity contribution in [3.63, 3.8) is 0 Å². The number of benzene rings is 1. The van der Waals surface area contributed by atoms with Gasteiger partial charge in [0.15, 0.2) is 5.96 Å². The number of anilines is 1. The summed E-state index contributed by atoms with van der Waals surface area (Å²) in [5.74, 6) is 0.901. The van der Waals surface area contributed by atoms with Crippen molar-refractivity contribution >= 4 is 17.6 Å². The van der Waals surface area contributed by atoms with E-state index in [9.17, 15) is 4.79 Å². The van der Waals surface area contributed by atoms with Gasteiger partial charge in [-0.25, -0.2) is 0 Å². The molecule has 2 rings (SSSR count). The number of rotatable bonds is 5. The summed E-state index contributed by atoms with van der Waals surface area (Å²) in [5, 5.41) is 9.50. The Balaban J connectivity index is 1.88. The fourth-order valence-corrected chi connectivity index (χ4v) is 2.40. The average molecular weight is 317 g/mol. The molecule has 0 aliphatic carbocycles. The van der Waals surface area contributed by atoms with E-state index < -0.39 is 0 Å². The zero-order chi connectivity index (χ0) is 16.7. The molecular weight excluding hydrogens is 290 g/mol. The van der Waals surface area contributed by atoms with Crippen LogP contribution in [0, 0.1) is 0 Å². The Morgan fingerprint density at radius 2 is 2.13 bits per heavy atom. The number of carbonyl (C=O) groups excluding carboxylic acids is 1. The summed E-state index contributed by atoms with van der Waals surface area (Å²) in [6.07, 6.45) is 1.05. The zero-order valence-corrected chi connectivity index (χ0v) is 14.2. The fraction of sp³-hybridized carbons (Fsp3) is 0.529. The average Bonchev–Trinajstić information content (AvgIpc) is 2.58. The van der Waals surface area contributed by atoms with Crippen molar-refractivity contribution in [2.24, 2.45) is 4.99 Å². The van der Waals surface area contributed by atoms with Crippen LogP contribution in [0.15, 0.2) is 29.3 Å². The Bertz CT molecular complexity index is 540. The molecule has 3 N–H and O–H groups in total. The van der Waals surface area contributed by atoms with Crippen LogP contribution in [0.5, 0.6) is 0 Å². The van der Waals surface area contributed by atoms with E-state index in [0.717, 1.165) is 31.2 Å². The first kappa shape index (κ1) is 17.1. The number of piperazine rings is 1. The van der Waals surface area contributed by atoms with Crippen LogP contribution in [0.3, 0.4) is 0 Å². The van der Waals surface area contributed by atoms with Crippen LogP contribution < -0.4 is 20.9 Å². The molecule has 1 aromatic rings. The quantitative estimate of drug-likeness (QED) is 0.562. The third kappa shape index (κ3) is 5.16. The van der Waals surface area contributed by atoms with Crippen LogP contribution in [0.1, 0.15) is 25.8 Å². The highest BCUT2D eigenvalue weighted by Gasteiger charge is 2.16. The predicted molar refractivity (Wildman–Crippen MR) is 94.8 cm³/mol. The summed E-state index contributed by atoms with van der Waals surface area (Å²) >= 11 is 0. The van der Waals surface area contributed by atoms with Gasteiger partial charge in [-0.15, -0.1) is 0 Å². The van der Waals surface area contributed by atoms with Crippen LogP contribution in [0.4, 0.5) is 5.69 Å². The van der Waals surface area contributed by atoms with E-state index in [-0.39, 0.29) is 5.91 Å². The van der Waals surface area contributed by atoms with Crippen molar-refractivity contribution in [2.45, 2.75) is 32.9 Å². The van der Waals surface area contributed by atoms with E-state index in [1.807, 2.05) is 0 Å². The maximum absolute atomic E-state index is 11.5. The lowest BCUT2D eigenvalue weighted by atomic mass is 10.2. The number of hydrogen-bond donors (Lipinski definition) is 3. The summed E-state index contributed by atoms with van der Waals surface area (Å²) < 4.78 is 0. The number of aliphatic imine (C=N–C) groups is 1. The zero-order valence-electron chi connectivity index (χ0n) is 14.2. The minimum atomic E-state index is 0.0851. The lowest BCUT2D eigenvalue weighted by Gasteiger charge is -2.28. The standard InChI is InChI=1S/C17H27N5O/c1-4-13(2)21-17(18-3)20-11-14-5-7-15(8-6-14)22-10-9-19-16(23)12-22/h5-8,13H,4,9-12H2,1-3H3,(H,19,23)(H2,18,20,21). The maximum Gasteiger partial charge on any atom is 0.239 e. The highest BCUT2D eigenvalue weighted by Crippen LogP contribution is 2.16. The van der Waals surface area contributed by atoms with E-state index in [2.05, 4.69) is 64.0 Å². The molecule has 126 valence electrons. The summed E-state index contributed by atoms with van der Waals surface area (Å²) in [6, 6.07) is 8.71. The molecule has 1 atom stereocenters. The SMILES string of the molecule is CCC(C)NC(=NC)NCc1ccc(N2CCNC(=O)C2)cc1. The van der Waals surface area contributed by atoms with E-state index in [4.69, 9.17) is 0 Å². The second-order valence-corrected chi connectivity index (χ2v) is 5.82. The number of hydrogen-bond acceptors (Lipinski definition) is 3. The lowest BCUT2D eigenvalue weighted by molar-refractivity contribution is -0.120. The Labute approximate surface area is 138 Å². The van der Waals surface area contributed by atoms with Gasteiger partial charge in [-0.2, -0.15) is 0 Å². The summed E-state index contributed by atoms with van der Waals surface area (Å²) in [7, 11) is 1.78. The van der Waals surface area contributed by atoms with Gasteiger partial charge in [0.2, 0.25) is 5.91 Å². The molecular formula is C17H27N5O. The highest BCUT2D eigenvalue weighted by molar-refractivity contribution is 5.82. The van der Waals surface area contributed by atoms with E-state index >= 15 is 0 Å². The van der Waals surface area contributed by atoms with Crippen molar-refractivity contribution in [2.75, 3.05) is 31.6 Å². The first-order valence-corrected chi connectivity index (χ1v) is 8.20. The number of amides is 1.